The minimum absolute atomic E-state index is 0.122. The summed E-state index contributed by atoms with van der Waals surface area (Å²) in [7, 11) is 0. The Bertz CT molecular complexity index is 700. The molecule has 1 aliphatic rings. The van der Waals surface area contributed by atoms with Crippen LogP contribution in [-0.4, -0.2) is 30.6 Å². The first-order chi connectivity index (χ1) is 12.0. The highest BCUT2D eigenvalue weighted by Gasteiger charge is 2.24. The monoisotopic (exact) mass is 342 g/mol. The number of aryl methyl sites for hydroxylation is 1. The predicted octanol–water partition coefficient (Wildman–Crippen LogP) is 4.07. The first-order valence-corrected chi connectivity index (χ1v) is 8.99. The first kappa shape index (κ1) is 17.9. The lowest BCUT2D eigenvalue weighted by atomic mass is 10.0. The predicted molar refractivity (Wildman–Crippen MR) is 99.4 cm³/mol. The van der Waals surface area contributed by atoms with Gasteiger partial charge in [-0.25, -0.2) is 4.39 Å². The highest BCUT2D eigenvalue weighted by molar-refractivity contribution is 5.30. The van der Waals surface area contributed by atoms with Crippen molar-refractivity contribution in [2.24, 2.45) is 0 Å². The Kier molecular flexibility index (Phi) is 5.71. The molecule has 1 atom stereocenters. The fourth-order valence-electron chi connectivity index (χ4n) is 3.35. The topological polar surface area (TPSA) is 24.5 Å². The molecule has 2 aromatic rings. The Hall–Kier alpha value is -1.91. The molecule has 1 aliphatic heterocycles. The quantitative estimate of drug-likeness (QED) is 0.886. The van der Waals surface area contributed by atoms with Gasteiger partial charge in [-0.05, 0) is 44.5 Å². The van der Waals surface area contributed by atoms with Crippen LogP contribution in [0.25, 0.3) is 0 Å². The van der Waals surface area contributed by atoms with Gasteiger partial charge in [-0.2, -0.15) is 0 Å². The zero-order valence-corrected chi connectivity index (χ0v) is 15.3. The molecule has 0 aliphatic carbocycles. The van der Waals surface area contributed by atoms with Crippen molar-refractivity contribution in [1.82, 2.24) is 10.2 Å². The molecule has 0 amide bonds. The van der Waals surface area contributed by atoms with E-state index in [1.807, 2.05) is 45.0 Å². The molecule has 25 heavy (non-hydrogen) atoms. The smallest absolute Gasteiger partial charge is 0.127 e. The maximum atomic E-state index is 14.2. The van der Waals surface area contributed by atoms with E-state index in [2.05, 4.69) is 22.3 Å². The third-order valence-corrected chi connectivity index (χ3v) is 4.57. The van der Waals surface area contributed by atoms with Crippen molar-refractivity contribution in [3.8, 4) is 5.75 Å². The number of hydrogen-bond donors (Lipinski definition) is 1. The second-order valence-electron chi connectivity index (χ2n) is 7.02. The van der Waals surface area contributed by atoms with Gasteiger partial charge in [0.15, 0.2) is 0 Å². The van der Waals surface area contributed by atoms with Gasteiger partial charge < -0.3 is 10.1 Å². The highest BCUT2D eigenvalue weighted by atomic mass is 19.1. The van der Waals surface area contributed by atoms with Crippen LogP contribution >= 0.6 is 0 Å². The van der Waals surface area contributed by atoms with Crippen molar-refractivity contribution in [3.63, 3.8) is 0 Å². The normalized spacial score (nSPS) is 18.5. The van der Waals surface area contributed by atoms with Gasteiger partial charge in [0.1, 0.15) is 11.6 Å². The number of hydrogen-bond acceptors (Lipinski definition) is 3. The van der Waals surface area contributed by atoms with Crippen LogP contribution in [0.4, 0.5) is 4.39 Å². The average Bonchev–Trinajstić information content (AvgIpc) is 2.59. The maximum absolute atomic E-state index is 14.2. The summed E-state index contributed by atoms with van der Waals surface area (Å²) in [5, 5.41) is 3.46. The molecular weight excluding hydrogens is 315 g/mol. The van der Waals surface area contributed by atoms with Gasteiger partial charge in [0.25, 0.3) is 0 Å². The van der Waals surface area contributed by atoms with E-state index < -0.39 is 0 Å². The van der Waals surface area contributed by atoms with Crippen LogP contribution in [0.15, 0.2) is 42.5 Å². The number of halogens is 1. The Morgan fingerprint density at radius 1 is 1.20 bits per heavy atom. The van der Waals surface area contributed by atoms with E-state index in [1.165, 1.54) is 5.56 Å². The number of ether oxygens (including phenoxy) is 1. The minimum atomic E-state index is -0.122. The van der Waals surface area contributed by atoms with E-state index >= 15 is 0 Å². The molecular formula is C21H27FN2O. The largest absolute Gasteiger partial charge is 0.491 e. The van der Waals surface area contributed by atoms with Gasteiger partial charge in [0.05, 0.1) is 6.10 Å². The molecule has 1 heterocycles. The maximum Gasteiger partial charge on any atom is 0.127 e. The van der Waals surface area contributed by atoms with Crippen LogP contribution in [0.1, 0.15) is 36.6 Å². The standard InChI is InChI=1S/C21H27FN2O/c1-15(2)25-19-7-5-17(6-8-19)21-13-23-10-11-24(21)14-18-12-16(3)4-9-20(18)22/h4-9,12,15,21,23H,10-11,13-14H2,1-3H3. The molecule has 3 rings (SSSR count). The van der Waals surface area contributed by atoms with Gasteiger partial charge in [-0.15, -0.1) is 0 Å². The second-order valence-corrected chi connectivity index (χ2v) is 7.02. The summed E-state index contributed by atoms with van der Waals surface area (Å²) < 4.78 is 19.9. The van der Waals surface area contributed by atoms with Crippen molar-refractivity contribution < 1.29 is 9.13 Å². The molecule has 0 spiro atoms. The Morgan fingerprint density at radius 3 is 2.68 bits per heavy atom. The summed E-state index contributed by atoms with van der Waals surface area (Å²) in [6.45, 7) is 9.39. The van der Waals surface area contributed by atoms with Crippen LogP contribution in [0, 0.1) is 12.7 Å². The molecule has 4 heteroatoms. The lowest BCUT2D eigenvalue weighted by Crippen LogP contribution is -2.45. The zero-order chi connectivity index (χ0) is 17.8. The molecule has 134 valence electrons. The second kappa shape index (κ2) is 7.98. The third kappa shape index (κ3) is 4.59. The average molecular weight is 342 g/mol. The van der Waals surface area contributed by atoms with E-state index in [9.17, 15) is 4.39 Å². The summed E-state index contributed by atoms with van der Waals surface area (Å²) in [5.74, 6) is 0.766. The van der Waals surface area contributed by atoms with Crippen molar-refractivity contribution in [2.75, 3.05) is 19.6 Å². The number of piperazine rings is 1. The van der Waals surface area contributed by atoms with E-state index in [-0.39, 0.29) is 18.0 Å². The summed E-state index contributed by atoms with van der Waals surface area (Å²) in [6.07, 6.45) is 0.169. The van der Waals surface area contributed by atoms with Crippen LogP contribution in [-0.2, 0) is 6.54 Å². The molecule has 0 radical (unpaired) electrons. The van der Waals surface area contributed by atoms with Crippen LogP contribution in [0.5, 0.6) is 5.75 Å². The van der Waals surface area contributed by atoms with E-state index in [0.717, 1.165) is 36.5 Å². The van der Waals surface area contributed by atoms with Gasteiger partial charge in [-0.3, -0.25) is 4.90 Å². The molecule has 3 nitrogen and oxygen atoms in total. The van der Waals surface area contributed by atoms with Gasteiger partial charge >= 0.3 is 0 Å². The molecule has 0 aromatic heterocycles. The number of nitrogens with zero attached hydrogens (tertiary/aromatic N) is 1. The molecule has 1 saturated heterocycles. The third-order valence-electron chi connectivity index (χ3n) is 4.57. The zero-order valence-electron chi connectivity index (χ0n) is 15.3. The molecule has 0 saturated carbocycles. The molecule has 2 aromatic carbocycles. The van der Waals surface area contributed by atoms with Crippen molar-refractivity contribution in [3.05, 3.63) is 65.0 Å². The van der Waals surface area contributed by atoms with Crippen molar-refractivity contribution >= 4 is 0 Å². The summed E-state index contributed by atoms with van der Waals surface area (Å²) in [6, 6.07) is 13.9. The van der Waals surface area contributed by atoms with Gasteiger partial charge in [-0.1, -0.05) is 29.8 Å². The summed E-state index contributed by atoms with van der Waals surface area (Å²) in [5.41, 5.74) is 3.10. The number of rotatable bonds is 5. The Balaban J connectivity index is 1.77. The molecule has 0 bridgehead atoms. The lowest BCUT2D eigenvalue weighted by molar-refractivity contribution is 0.152. The summed E-state index contributed by atoms with van der Waals surface area (Å²) >= 11 is 0. The Labute approximate surface area is 149 Å². The SMILES string of the molecule is Cc1ccc(F)c(CN2CCNCC2c2ccc(OC(C)C)cc2)c1. The van der Waals surface area contributed by atoms with Crippen LogP contribution < -0.4 is 10.1 Å². The van der Waals surface area contributed by atoms with Crippen molar-refractivity contribution in [2.45, 2.75) is 39.5 Å². The molecule has 1 N–H and O–H groups in total. The lowest BCUT2D eigenvalue weighted by Gasteiger charge is -2.36. The molecule has 1 unspecified atom stereocenters. The van der Waals surface area contributed by atoms with E-state index in [4.69, 9.17) is 4.74 Å². The highest BCUT2D eigenvalue weighted by Crippen LogP contribution is 2.27. The fraction of sp³-hybridized carbons (Fsp3) is 0.429. The number of benzene rings is 2. The van der Waals surface area contributed by atoms with E-state index in [1.54, 1.807) is 6.07 Å². The van der Waals surface area contributed by atoms with E-state index in [0.29, 0.717) is 6.54 Å². The molecule has 1 fully saturated rings. The first-order valence-electron chi connectivity index (χ1n) is 8.99. The Morgan fingerprint density at radius 2 is 1.96 bits per heavy atom. The van der Waals surface area contributed by atoms with Crippen LogP contribution in [0.3, 0.4) is 0 Å². The van der Waals surface area contributed by atoms with Gasteiger partial charge in [0.2, 0.25) is 0 Å². The summed E-state index contributed by atoms with van der Waals surface area (Å²) in [4.78, 5) is 2.35. The fourth-order valence-corrected chi connectivity index (χ4v) is 3.35. The number of nitrogens with one attached hydrogen (secondary N) is 1. The van der Waals surface area contributed by atoms with Crippen LogP contribution in [0.2, 0.25) is 0 Å². The van der Waals surface area contributed by atoms with Gasteiger partial charge in [0, 0.05) is 37.8 Å². The van der Waals surface area contributed by atoms with Crippen molar-refractivity contribution in [1.29, 1.82) is 0 Å². The minimum Gasteiger partial charge on any atom is -0.491 e.